The van der Waals surface area contributed by atoms with Crippen LogP contribution in [0.15, 0.2) is 33.1 Å². The number of nitro groups is 1. The number of aromatic nitrogens is 1. The van der Waals surface area contributed by atoms with Crippen LogP contribution in [0.1, 0.15) is 22.6 Å². The van der Waals surface area contributed by atoms with E-state index in [2.05, 4.69) is 11.1 Å². The lowest BCUT2D eigenvalue weighted by molar-refractivity contribution is -0.402. The topological polar surface area (TPSA) is 93.0 Å². The predicted octanol–water partition coefficient (Wildman–Crippen LogP) is 3.83. The van der Waals surface area contributed by atoms with Crippen LogP contribution < -0.4 is 0 Å². The van der Waals surface area contributed by atoms with Crippen LogP contribution in [0.4, 0.5) is 5.88 Å². The Kier molecular flexibility index (Phi) is 4.40. The van der Waals surface area contributed by atoms with Gasteiger partial charge in [0.2, 0.25) is 0 Å². The van der Waals surface area contributed by atoms with E-state index in [0.717, 1.165) is 11.3 Å². The fraction of sp³-hybridized carbons (Fsp3) is 0.143. The van der Waals surface area contributed by atoms with Crippen LogP contribution in [0.2, 0.25) is 0 Å². The van der Waals surface area contributed by atoms with Crippen LogP contribution in [0, 0.1) is 35.3 Å². The summed E-state index contributed by atoms with van der Waals surface area (Å²) in [5.41, 5.74) is 2.23. The standard InChI is InChI=1S/C14H11N3O3S/c1-9-7-10(2)16-14(12(9)8-15)21-6-5-11-3-4-13(20-11)17(18)19/h3-7H,1-2H3/b6-5-. The van der Waals surface area contributed by atoms with Gasteiger partial charge >= 0.3 is 5.88 Å². The Morgan fingerprint density at radius 1 is 1.48 bits per heavy atom. The van der Waals surface area contributed by atoms with Gasteiger partial charge in [-0.3, -0.25) is 10.1 Å². The first-order chi connectivity index (χ1) is 10.0. The van der Waals surface area contributed by atoms with Crippen molar-refractivity contribution in [3.8, 4) is 6.07 Å². The van der Waals surface area contributed by atoms with E-state index in [9.17, 15) is 10.1 Å². The zero-order valence-corrected chi connectivity index (χ0v) is 12.2. The fourth-order valence-corrected chi connectivity index (χ4v) is 2.57. The average molecular weight is 301 g/mol. The van der Waals surface area contributed by atoms with E-state index in [0.29, 0.717) is 16.3 Å². The third-order valence-corrected chi connectivity index (χ3v) is 3.42. The minimum absolute atomic E-state index is 0.304. The third-order valence-electron chi connectivity index (χ3n) is 2.63. The minimum atomic E-state index is -0.594. The van der Waals surface area contributed by atoms with E-state index < -0.39 is 4.92 Å². The summed E-state index contributed by atoms with van der Waals surface area (Å²) in [6.07, 6.45) is 1.60. The van der Waals surface area contributed by atoms with Gasteiger partial charge in [-0.2, -0.15) is 5.26 Å². The second kappa shape index (κ2) is 6.24. The van der Waals surface area contributed by atoms with Crippen molar-refractivity contribution in [1.82, 2.24) is 4.98 Å². The lowest BCUT2D eigenvalue weighted by Crippen LogP contribution is -1.93. The van der Waals surface area contributed by atoms with Gasteiger partial charge < -0.3 is 4.42 Å². The molecule has 2 aromatic rings. The van der Waals surface area contributed by atoms with Gasteiger partial charge in [0.15, 0.2) is 0 Å². The largest absolute Gasteiger partial charge is 0.433 e. The van der Waals surface area contributed by atoms with Gasteiger partial charge in [-0.05, 0) is 43.0 Å². The smallest absolute Gasteiger partial charge is 0.401 e. The Balaban J connectivity index is 2.17. The van der Waals surface area contributed by atoms with E-state index in [4.69, 9.17) is 9.68 Å². The number of pyridine rings is 1. The number of hydrogen-bond acceptors (Lipinski definition) is 6. The van der Waals surface area contributed by atoms with E-state index in [1.165, 1.54) is 23.9 Å². The number of aryl methyl sites for hydroxylation is 2. The molecule has 0 N–H and O–H groups in total. The van der Waals surface area contributed by atoms with Gasteiger partial charge in [0, 0.05) is 5.69 Å². The molecule has 0 aliphatic carbocycles. The minimum Gasteiger partial charge on any atom is -0.401 e. The van der Waals surface area contributed by atoms with Crippen molar-refractivity contribution >= 4 is 23.7 Å². The molecular formula is C14H11N3O3S. The molecule has 21 heavy (non-hydrogen) atoms. The van der Waals surface area contributed by atoms with Crippen LogP contribution in [0.5, 0.6) is 0 Å². The molecule has 0 aromatic carbocycles. The molecular weight excluding hydrogens is 290 g/mol. The lowest BCUT2D eigenvalue weighted by Gasteiger charge is -2.04. The number of nitriles is 1. The Hall–Kier alpha value is -2.59. The van der Waals surface area contributed by atoms with Gasteiger partial charge in [0.25, 0.3) is 0 Å². The molecule has 0 atom stereocenters. The molecule has 0 unspecified atom stereocenters. The molecule has 0 spiro atoms. The van der Waals surface area contributed by atoms with Gasteiger partial charge in [0.05, 0.1) is 11.6 Å². The Bertz CT molecular complexity index is 759. The van der Waals surface area contributed by atoms with E-state index in [1.807, 2.05) is 19.9 Å². The first-order valence-electron chi connectivity index (χ1n) is 5.97. The predicted molar refractivity (Wildman–Crippen MR) is 78.7 cm³/mol. The Labute approximate surface area is 125 Å². The zero-order valence-electron chi connectivity index (χ0n) is 11.4. The molecule has 106 valence electrons. The second-order valence-electron chi connectivity index (χ2n) is 4.23. The highest BCUT2D eigenvalue weighted by Crippen LogP contribution is 2.26. The zero-order chi connectivity index (χ0) is 15.4. The van der Waals surface area contributed by atoms with Crippen molar-refractivity contribution in [2.75, 3.05) is 0 Å². The van der Waals surface area contributed by atoms with Crippen LogP contribution in [-0.4, -0.2) is 9.91 Å². The molecule has 0 radical (unpaired) electrons. The lowest BCUT2D eigenvalue weighted by atomic mass is 10.1. The normalized spacial score (nSPS) is 10.7. The first-order valence-corrected chi connectivity index (χ1v) is 6.85. The van der Waals surface area contributed by atoms with Crippen LogP contribution in [0.3, 0.4) is 0 Å². The van der Waals surface area contributed by atoms with Crippen molar-refractivity contribution in [2.24, 2.45) is 0 Å². The summed E-state index contributed by atoms with van der Waals surface area (Å²) < 4.78 is 5.00. The Morgan fingerprint density at radius 2 is 2.24 bits per heavy atom. The van der Waals surface area contributed by atoms with Gasteiger partial charge in [-0.25, -0.2) is 4.98 Å². The van der Waals surface area contributed by atoms with E-state index >= 15 is 0 Å². The summed E-state index contributed by atoms with van der Waals surface area (Å²) in [5, 5.41) is 21.9. The van der Waals surface area contributed by atoms with Crippen molar-refractivity contribution in [1.29, 1.82) is 5.26 Å². The highest BCUT2D eigenvalue weighted by Gasteiger charge is 2.10. The molecule has 0 amide bonds. The number of hydrogen-bond donors (Lipinski definition) is 0. The fourth-order valence-electron chi connectivity index (χ4n) is 1.72. The SMILES string of the molecule is Cc1cc(C)c(C#N)c(S/C=C\c2ccc([N+](=O)[O-])o2)n1. The summed E-state index contributed by atoms with van der Waals surface area (Å²) in [7, 11) is 0. The molecule has 0 fully saturated rings. The Morgan fingerprint density at radius 3 is 2.86 bits per heavy atom. The van der Waals surface area contributed by atoms with Gasteiger partial charge in [0.1, 0.15) is 21.8 Å². The molecule has 2 rings (SSSR count). The monoisotopic (exact) mass is 301 g/mol. The summed E-state index contributed by atoms with van der Waals surface area (Å²) in [5.74, 6) is 0.0685. The van der Waals surface area contributed by atoms with Crippen molar-refractivity contribution in [3.63, 3.8) is 0 Å². The maximum atomic E-state index is 10.5. The molecule has 0 aliphatic heterocycles. The highest BCUT2D eigenvalue weighted by molar-refractivity contribution is 8.02. The van der Waals surface area contributed by atoms with E-state index in [1.54, 1.807) is 11.5 Å². The average Bonchev–Trinajstić information content (AvgIpc) is 2.87. The molecule has 0 bridgehead atoms. The summed E-state index contributed by atoms with van der Waals surface area (Å²) in [6, 6.07) is 6.78. The maximum Gasteiger partial charge on any atom is 0.433 e. The van der Waals surface area contributed by atoms with Crippen LogP contribution in [-0.2, 0) is 0 Å². The maximum absolute atomic E-state index is 10.5. The second-order valence-corrected chi connectivity index (χ2v) is 5.12. The van der Waals surface area contributed by atoms with Gasteiger partial charge in [-0.1, -0.05) is 11.8 Å². The molecule has 7 heteroatoms. The molecule has 6 nitrogen and oxygen atoms in total. The quantitative estimate of drug-likeness (QED) is 0.484. The summed E-state index contributed by atoms with van der Waals surface area (Å²) >= 11 is 1.27. The molecule has 0 aliphatic rings. The molecule has 0 saturated heterocycles. The number of nitrogens with zero attached hydrogens (tertiary/aromatic N) is 3. The number of furan rings is 1. The summed E-state index contributed by atoms with van der Waals surface area (Å²) in [6.45, 7) is 3.72. The number of rotatable bonds is 4. The van der Waals surface area contributed by atoms with Crippen LogP contribution >= 0.6 is 11.8 Å². The van der Waals surface area contributed by atoms with E-state index in [-0.39, 0.29) is 5.88 Å². The molecule has 0 saturated carbocycles. The number of thioether (sulfide) groups is 1. The van der Waals surface area contributed by atoms with Crippen molar-refractivity contribution in [2.45, 2.75) is 18.9 Å². The van der Waals surface area contributed by atoms with Crippen LogP contribution in [0.25, 0.3) is 6.08 Å². The highest BCUT2D eigenvalue weighted by atomic mass is 32.2. The summed E-state index contributed by atoms with van der Waals surface area (Å²) in [4.78, 5) is 14.2. The molecule has 2 aromatic heterocycles. The molecule has 2 heterocycles. The third kappa shape index (κ3) is 3.49. The van der Waals surface area contributed by atoms with Crippen molar-refractivity contribution in [3.05, 3.63) is 56.3 Å². The van der Waals surface area contributed by atoms with Gasteiger partial charge in [-0.15, -0.1) is 0 Å². The first kappa shape index (κ1) is 14.8. The van der Waals surface area contributed by atoms with Crippen molar-refractivity contribution < 1.29 is 9.34 Å².